The van der Waals surface area contributed by atoms with Crippen molar-refractivity contribution in [2.75, 3.05) is 18.4 Å². The largest absolute Gasteiger partial charge is 0.481 e. The topological polar surface area (TPSA) is 95.7 Å². The number of aliphatic carboxylic acids is 1. The van der Waals surface area contributed by atoms with Crippen molar-refractivity contribution in [1.82, 2.24) is 9.88 Å². The number of fused-ring (bicyclic) bond motifs is 1. The van der Waals surface area contributed by atoms with Gasteiger partial charge in [-0.1, -0.05) is 6.42 Å². The molecule has 0 spiro atoms. The van der Waals surface area contributed by atoms with Crippen LogP contribution < -0.4 is 5.32 Å². The van der Waals surface area contributed by atoms with Crippen LogP contribution >= 0.6 is 0 Å². The van der Waals surface area contributed by atoms with E-state index in [0.29, 0.717) is 18.7 Å². The van der Waals surface area contributed by atoms with Gasteiger partial charge in [0.15, 0.2) is 0 Å². The lowest BCUT2D eigenvalue weighted by Crippen LogP contribution is -2.38. The third-order valence-corrected chi connectivity index (χ3v) is 4.42. The number of hydrogen-bond acceptors (Lipinski definition) is 4. The quantitative estimate of drug-likeness (QED) is 0.859. The molecule has 0 unspecified atom stereocenters. The van der Waals surface area contributed by atoms with Crippen molar-refractivity contribution in [2.45, 2.75) is 26.2 Å². The molecule has 2 fully saturated rings. The second-order valence-corrected chi connectivity index (χ2v) is 5.64. The first-order chi connectivity index (χ1) is 9.51. The van der Waals surface area contributed by atoms with E-state index in [1.54, 1.807) is 11.8 Å². The number of aromatic nitrogens is 1. The second kappa shape index (κ2) is 4.50. The summed E-state index contributed by atoms with van der Waals surface area (Å²) in [5, 5.41) is 12.0. The Morgan fingerprint density at radius 2 is 2.40 bits per heavy atom. The van der Waals surface area contributed by atoms with Gasteiger partial charge in [-0.25, -0.2) is 9.78 Å². The van der Waals surface area contributed by atoms with E-state index in [-0.39, 0.29) is 24.5 Å². The van der Waals surface area contributed by atoms with Gasteiger partial charge >= 0.3 is 18.0 Å². The normalized spacial score (nSPS) is 28.4. The number of urea groups is 1. The number of carboxylic acid groups (broad SMARTS) is 1. The highest BCUT2D eigenvalue weighted by Crippen LogP contribution is 2.48. The molecule has 1 aliphatic heterocycles. The maximum Gasteiger partial charge on any atom is 0.325 e. The maximum atomic E-state index is 12.1. The van der Waals surface area contributed by atoms with Crippen LogP contribution in [0.4, 0.5) is 10.8 Å². The Morgan fingerprint density at radius 1 is 1.60 bits per heavy atom. The first kappa shape index (κ1) is 13.0. The zero-order valence-corrected chi connectivity index (χ0v) is 11.3. The summed E-state index contributed by atoms with van der Waals surface area (Å²) in [6, 6.07) is -0.198. The first-order valence-electron chi connectivity index (χ1n) is 6.73. The van der Waals surface area contributed by atoms with Crippen LogP contribution in [0.1, 0.15) is 25.0 Å². The molecule has 0 aromatic carbocycles. The molecule has 2 atom stereocenters. The number of nitrogens with one attached hydrogen (secondary N) is 1. The summed E-state index contributed by atoms with van der Waals surface area (Å²) >= 11 is 0. The zero-order chi connectivity index (χ0) is 14.3. The van der Waals surface area contributed by atoms with Gasteiger partial charge in [0.25, 0.3) is 0 Å². The van der Waals surface area contributed by atoms with Crippen LogP contribution in [0.15, 0.2) is 10.6 Å². The number of amides is 2. The number of anilines is 1. The van der Waals surface area contributed by atoms with Crippen molar-refractivity contribution in [2.24, 2.45) is 11.3 Å². The van der Waals surface area contributed by atoms with Gasteiger partial charge in [-0.2, -0.15) is 0 Å². The van der Waals surface area contributed by atoms with E-state index in [9.17, 15) is 14.7 Å². The van der Waals surface area contributed by atoms with Gasteiger partial charge in [0.1, 0.15) is 5.76 Å². The van der Waals surface area contributed by atoms with Crippen molar-refractivity contribution in [3.8, 4) is 0 Å². The van der Waals surface area contributed by atoms with E-state index in [0.717, 1.165) is 12.8 Å². The van der Waals surface area contributed by atoms with Crippen molar-refractivity contribution in [3.63, 3.8) is 0 Å². The molecule has 1 saturated heterocycles. The van der Waals surface area contributed by atoms with Crippen molar-refractivity contribution >= 4 is 18.0 Å². The van der Waals surface area contributed by atoms with Crippen LogP contribution in [-0.4, -0.2) is 40.1 Å². The standard InChI is InChI=1S/C13H17N3O4/c1-8-5-14-11(20-8)15-12(19)16-6-9-3-2-4-13(9,7-16)10(17)18/h5,9H,2-4,6-7H2,1H3,(H,17,18)(H,14,15,19)/t9-,13+/m0/s1. The summed E-state index contributed by atoms with van der Waals surface area (Å²) in [5.41, 5.74) is -0.760. The zero-order valence-electron chi connectivity index (χ0n) is 11.3. The van der Waals surface area contributed by atoms with Gasteiger partial charge in [0.2, 0.25) is 0 Å². The number of carbonyl (C=O) groups excluding carboxylic acids is 1. The maximum absolute atomic E-state index is 12.1. The fraction of sp³-hybridized carbons (Fsp3) is 0.615. The lowest BCUT2D eigenvalue weighted by Gasteiger charge is -2.23. The lowest BCUT2D eigenvalue weighted by atomic mass is 9.81. The minimum absolute atomic E-state index is 0.0528. The predicted molar refractivity (Wildman–Crippen MR) is 69.2 cm³/mol. The molecule has 2 heterocycles. The van der Waals surface area contributed by atoms with Gasteiger partial charge in [-0.15, -0.1) is 0 Å². The first-order valence-corrected chi connectivity index (χ1v) is 6.73. The highest BCUT2D eigenvalue weighted by atomic mass is 16.4. The molecule has 2 amide bonds. The summed E-state index contributed by atoms with van der Waals surface area (Å²) in [5.74, 6) is -0.125. The number of nitrogens with zero attached hydrogens (tertiary/aromatic N) is 2. The summed E-state index contributed by atoms with van der Waals surface area (Å²) < 4.78 is 5.19. The molecule has 20 heavy (non-hydrogen) atoms. The molecule has 1 aromatic rings. The van der Waals surface area contributed by atoms with Gasteiger partial charge in [0.05, 0.1) is 11.6 Å². The Morgan fingerprint density at radius 3 is 3.00 bits per heavy atom. The Balaban J connectivity index is 1.70. The van der Waals surface area contributed by atoms with E-state index in [1.807, 2.05) is 0 Å². The van der Waals surface area contributed by atoms with Crippen molar-refractivity contribution in [1.29, 1.82) is 0 Å². The number of oxazole rings is 1. The van der Waals surface area contributed by atoms with Gasteiger partial charge in [-0.05, 0) is 25.7 Å². The second-order valence-electron chi connectivity index (χ2n) is 5.64. The molecule has 0 bridgehead atoms. The molecule has 108 valence electrons. The van der Waals surface area contributed by atoms with Crippen LogP contribution in [0.3, 0.4) is 0 Å². The average molecular weight is 279 g/mol. The molecule has 3 rings (SSSR count). The van der Waals surface area contributed by atoms with Crippen LogP contribution in [0, 0.1) is 18.3 Å². The highest BCUT2D eigenvalue weighted by molar-refractivity contribution is 5.88. The molecular weight excluding hydrogens is 262 g/mol. The molecule has 1 aliphatic carbocycles. The third-order valence-electron chi connectivity index (χ3n) is 4.42. The number of carbonyl (C=O) groups is 2. The van der Waals surface area contributed by atoms with E-state index < -0.39 is 11.4 Å². The van der Waals surface area contributed by atoms with Crippen LogP contribution in [0.5, 0.6) is 0 Å². The van der Waals surface area contributed by atoms with Gasteiger partial charge in [-0.3, -0.25) is 10.1 Å². The number of aryl methyl sites for hydroxylation is 1. The van der Waals surface area contributed by atoms with Crippen LogP contribution in [-0.2, 0) is 4.79 Å². The Hall–Kier alpha value is -2.05. The van der Waals surface area contributed by atoms with Crippen LogP contribution in [0.25, 0.3) is 0 Å². The fourth-order valence-electron chi connectivity index (χ4n) is 3.38. The minimum atomic E-state index is -0.790. The SMILES string of the molecule is Cc1cnc(NC(=O)N2C[C@@H]3CCC[C@@]3(C(=O)O)C2)o1. The van der Waals surface area contributed by atoms with E-state index >= 15 is 0 Å². The molecule has 1 saturated carbocycles. The lowest BCUT2D eigenvalue weighted by molar-refractivity contribution is -0.149. The third kappa shape index (κ3) is 1.93. The number of hydrogen-bond donors (Lipinski definition) is 2. The Labute approximate surface area is 116 Å². The summed E-state index contributed by atoms with van der Waals surface area (Å²) in [7, 11) is 0. The number of rotatable bonds is 2. The Kier molecular flexibility index (Phi) is 2.92. The summed E-state index contributed by atoms with van der Waals surface area (Å²) in [4.78, 5) is 29.2. The van der Waals surface area contributed by atoms with Gasteiger partial charge in [0, 0.05) is 13.1 Å². The highest BCUT2D eigenvalue weighted by Gasteiger charge is 2.55. The average Bonchev–Trinajstić information content (AvgIpc) is 3.02. The molecule has 7 heteroatoms. The van der Waals surface area contributed by atoms with E-state index in [4.69, 9.17) is 4.42 Å². The van der Waals surface area contributed by atoms with E-state index in [2.05, 4.69) is 10.3 Å². The summed E-state index contributed by atoms with van der Waals surface area (Å²) in [6.07, 6.45) is 3.96. The van der Waals surface area contributed by atoms with Crippen LogP contribution in [0.2, 0.25) is 0 Å². The van der Waals surface area contributed by atoms with Crippen molar-refractivity contribution < 1.29 is 19.1 Å². The smallest absolute Gasteiger partial charge is 0.325 e. The molecule has 1 aromatic heterocycles. The van der Waals surface area contributed by atoms with E-state index in [1.165, 1.54) is 6.20 Å². The number of likely N-dealkylation sites (tertiary alicyclic amines) is 1. The molecule has 0 radical (unpaired) electrons. The van der Waals surface area contributed by atoms with Gasteiger partial charge < -0.3 is 14.4 Å². The molecular formula is C13H17N3O4. The molecule has 2 aliphatic rings. The number of carboxylic acids is 1. The van der Waals surface area contributed by atoms with Crippen molar-refractivity contribution in [3.05, 3.63) is 12.0 Å². The Bertz CT molecular complexity index is 556. The predicted octanol–water partition coefficient (Wildman–Crippen LogP) is 1.70. The molecule has 7 nitrogen and oxygen atoms in total. The summed E-state index contributed by atoms with van der Waals surface area (Å²) in [6.45, 7) is 2.48. The minimum Gasteiger partial charge on any atom is -0.481 e. The fourth-order valence-corrected chi connectivity index (χ4v) is 3.38. The molecule has 2 N–H and O–H groups in total. The monoisotopic (exact) mass is 279 g/mol.